The van der Waals surface area contributed by atoms with E-state index in [0.717, 1.165) is 49.3 Å². The van der Waals surface area contributed by atoms with Gasteiger partial charge in [-0.25, -0.2) is 4.68 Å². The van der Waals surface area contributed by atoms with Gasteiger partial charge < -0.3 is 16.0 Å². The number of carbonyl (C=O) groups excluding carboxylic acids is 2. The van der Waals surface area contributed by atoms with E-state index in [1.54, 1.807) is 0 Å². The largest absolute Gasteiger partial charge is 0.342 e. The van der Waals surface area contributed by atoms with Gasteiger partial charge >= 0.3 is 0 Å². The maximum Gasteiger partial charge on any atom is 0.274 e. The Morgan fingerprint density at radius 2 is 2.04 bits per heavy atom. The van der Waals surface area contributed by atoms with Crippen LogP contribution in [0.1, 0.15) is 47.6 Å². The predicted octanol–water partition coefficient (Wildman–Crippen LogP) is 1.86. The number of carbonyl (C=O) groups is 2. The molecule has 0 bridgehead atoms. The second kappa shape index (κ2) is 10.2. The number of rotatable bonds is 6. The van der Waals surface area contributed by atoms with Gasteiger partial charge in [0.2, 0.25) is 5.91 Å². The van der Waals surface area contributed by atoms with Gasteiger partial charge in [0.05, 0.1) is 18.3 Å². The van der Waals surface area contributed by atoms with E-state index in [2.05, 4.69) is 33.2 Å². The van der Waals surface area contributed by atoms with Crippen LogP contribution in [0.15, 0.2) is 24.3 Å². The average molecular weight is 407 g/mol. The Morgan fingerprint density at radius 3 is 2.75 bits per heavy atom. The molecule has 0 spiro atoms. The third kappa shape index (κ3) is 5.30. The number of halogens is 1. The molecule has 1 aromatic heterocycles. The summed E-state index contributed by atoms with van der Waals surface area (Å²) in [6.07, 6.45) is 2.82. The summed E-state index contributed by atoms with van der Waals surface area (Å²) in [5.41, 5.74) is 2.87. The Hall–Kier alpha value is -2.45. The molecule has 0 aliphatic carbocycles. The van der Waals surface area contributed by atoms with Crippen molar-refractivity contribution < 1.29 is 9.59 Å². The smallest absolute Gasteiger partial charge is 0.274 e. The van der Waals surface area contributed by atoms with Gasteiger partial charge in [-0.3, -0.25) is 9.59 Å². The van der Waals surface area contributed by atoms with Crippen LogP contribution in [0.5, 0.6) is 0 Å². The molecule has 1 aromatic carbocycles. The first-order valence-corrected chi connectivity index (χ1v) is 9.38. The molecule has 0 radical (unpaired) electrons. The number of piperidine rings is 1. The standard InChI is InChI=1S/C19H26N6O2.ClH/c1-3-14-5-4-6-15(11-14)22-17(26)12-21-19(27)18-13(2)25(24-23-18)16-7-9-20-10-8-16;/h4-6,11,16,20H,3,7-10,12H2,1-2H3,(H,21,27)(H,22,26);1H. The van der Waals surface area contributed by atoms with Crippen LogP contribution in [0.4, 0.5) is 5.69 Å². The van der Waals surface area contributed by atoms with Crippen molar-refractivity contribution in [3.8, 4) is 0 Å². The van der Waals surface area contributed by atoms with E-state index < -0.39 is 0 Å². The van der Waals surface area contributed by atoms with Crippen molar-refractivity contribution in [1.82, 2.24) is 25.6 Å². The van der Waals surface area contributed by atoms with Gasteiger partial charge in [-0.2, -0.15) is 0 Å². The minimum absolute atomic E-state index is 0. The van der Waals surface area contributed by atoms with Crippen molar-refractivity contribution in [1.29, 1.82) is 0 Å². The normalized spacial score (nSPS) is 14.2. The van der Waals surface area contributed by atoms with Crippen LogP contribution in [0.25, 0.3) is 0 Å². The van der Waals surface area contributed by atoms with Crippen molar-refractivity contribution in [3.63, 3.8) is 0 Å². The van der Waals surface area contributed by atoms with Gasteiger partial charge in [0, 0.05) is 5.69 Å². The number of anilines is 1. The first-order valence-electron chi connectivity index (χ1n) is 9.38. The van der Waals surface area contributed by atoms with E-state index in [1.165, 1.54) is 0 Å². The van der Waals surface area contributed by atoms with Crippen LogP contribution in [0.3, 0.4) is 0 Å². The van der Waals surface area contributed by atoms with Crippen LogP contribution in [-0.4, -0.2) is 46.4 Å². The van der Waals surface area contributed by atoms with Gasteiger partial charge in [-0.15, -0.1) is 17.5 Å². The molecule has 152 valence electrons. The van der Waals surface area contributed by atoms with Crippen LogP contribution in [0, 0.1) is 6.92 Å². The molecule has 1 aliphatic heterocycles. The fourth-order valence-corrected chi connectivity index (χ4v) is 3.27. The minimum atomic E-state index is -0.384. The summed E-state index contributed by atoms with van der Waals surface area (Å²) < 4.78 is 1.83. The Bertz CT molecular complexity index is 817. The third-order valence-electron chi connectivity index (χ3n) is 4.83. The Morgan fingerprint density at radius 1 is 1.29 bits per heavy atom. The molecule has 2 amide bonds. The lowest BCUT2D eigenvalue weighted by atomic mass is 10.1. The highest BCUT2D eigenvalue weighted by Gasteiger charge is 2.23. The highest BCUT2D eigenvalue weighted by Crippen LogP contribution is 2.20. The topological polar surface area (TPSA) is 101 Å². The van der Waals surface area contributed by atoms with E-state index in [9.17, 15) is 9.59 Å². The summed E-state index contributed by atoms with van der Waals surface area (Å²) in [7, 11) is 0. The quantitative estimate of drug-likeness (QED) is 0.679. The SMILES string of the molecule is CCc1cccc(NC(=O)CNC(=O)c2nnn(C3CCNCC3)c2C)c1.Cl. The second-order valence-corrected chi connectivity index (χ2v) is 6.73. The van der Waals surface area contributed by atoms with Crippen LogP contribution < -0.4 is 16.0 Å². The van der Waals surface area contributed by atoms with Crippen LogP contribution in [-0.2, 0) is 11.2 Å². The van der Waals surface area contributed by atoms with Crippen molar-refractivity contribution >= 4 is 29.9 Å². The van der Waals surface area contributed by atoms with Crippen molar-refractivity contribution in [2.24, 2.45) is 0 Å². The zero-order valence-electron chi connectivity index (χ0n) is 16.2. The number of aromatic nitrogens is 3. The number of hydrogen-bond acceptors (Lipinski definition) is 5. The average Bonchev–Trinajstić information content (AvgIpc) is 3.08. The summed E-state index contributed by atoms with van der Waals surface area (Å²) in [5, 5.41) is 16.9. The molecule has 9 heteroatoms. The highest BCUT2D eigenvalue weighted by molar-refractivity contribution is 5.98. The van der Waals surface area contributed by atoms with Gasteiger partial charge in [0.25, 0.3) is 5.91 Å². The van der Waals surface area contributed by atoms with E-state index in [1.807, 2.05) is 35.9 Å². The van der Waals surface area contributed by atoms with E-state index in [4.69, 9.17) is 0 Å². The number of aryl methyl sites for hydroxylation is 1. The van der Waals surface area contributed by atoms with Gasteiger partial charge in [-0.1, -0.05) is 24.3 Å². The number of benzene rings is 1. The zero-order chi connectivity index (χ0) is 19.2. The fourth-order valence-electron chi connectivity index (χ4n) is 3.27. The maximum absolute atomic E-state index is 12.4. The number of hydrogen-bond donors (Lipinski definition) is 3. The summed E-state index contributed by atoms with van der Waals surface area (Å²) in [6.45, 7) is 5.65. The maximum atomic E-state index is 12.4. The Labute approximate surface area is 170 Å². The van der Waals surface area contributed by atoms with Crippen LogP contribution in [0.2, 0.25) is 0 Å². The fraction of sp³-hybridized carbons (Fsp3) is 0.474. The van der Waals surface area contributed by atoms with E-state index >= 15 is 0 Å². The lowest BCUT2D eigenvalue weighted by Gasteiger charge is -2.23. The predicted molar refractivity (Wildman–Crippen MR) is 110 cm³/mol. The molecule has 0 unspecified atom stereocenters. The zero-order valence-corrected chi connectivity index (χ0v) is 17.0. The summed E-state index contributed by atoms with van der Waals surface area (Å²) in [6, 6.07) is 7.92. The molecular weight excluding hydrogens is 380 g/mol. The number of amides is 2. The summed E-state index contributed by atoms with van der Waals surface area (Å²) in [5.74, 6) is -0.662. The number of nitrogens with zero attached hydrogens (tertiary/aromatic N) is 3. The molecule has 2 aromatic rings. The minimum Gasteiger partial charge on any atom is -0.342 e. The lowest BCUT2D eigenvalue weighted by molar-refractivity contribution is -0.115. The molecule has 0 saturated carbocycles. The van der Waals surface area contributed by atoms with Gasteiger partial charge in [0.15, 0.2) is 5.69 Å². The molecule has 0 atom stereocenters. The molecule has 8 nitrogen and oxygen atoms in total. The monoisotopic (exact) mass is 406 g/mol. The van der Waals surface area contributed by atoms with E-state index in [-0.39, 0.29) is 42.5 Å². The lowest BCUT2D eigenvalue weighted by Crippen LogP contribution is -2.33. The highest BCUT2D eigenvalue weighted by atomic mass is 35.5. The van der Waals surface area contributed by atoms with Crippen molar-refractivity contribution in [2.75, 3.05) is 25.0 Å². The first kappa shape index (κ1) is 21.8. The molecule has 28 heavy (non-hydrogen) atoms. The molecule has 1 aliphatic rings. The van der Waals surface area contributed by atoms with Gasteiger partial charge in [0.1, 0.15) is 0 Å². The summed E-state index contributed by atoms with van der Waals surface area (Å²) in [4.78, 5) is 24.5. The molecule has 2 heterocycles. The Balaban J connectivity index is 0.00000280. The van der Waals surface area contributed by atoms with Crippen molar-refractivity contribution in [2.45, 2.75) is 39.2 Å². The molecule has 3 rings (SSSR count). The molecule has 3 N–H and O–H groups in total. The molecule has 1 saturated heterocycles. The van der Waals surface area contributed by atoms with E-state index in [0.29, 0.717) is 0 Å². The van der Waals surface area contributed by atoms with Crippen molar-refractivity contribution in [3.05, 3.63) is 41.2 Å². The molecular formula is C19H27ClN6O2. The van der Waals surface area contributed by atoms with Gasteiger partial charge in [-0.05, 0) is 57.0 Å². The molecule has 1 fully saturated rings. The second-order valence-electron chi connectivity index (χ2n) is 6.73. The third-order valence-corrected chi connectivity index (χ3v) is 4.83. The number of nitrogens with one attached hydrogen (secondary N) is 3. The summed E-state index contributed by atoms with van der Waals surface area (Å²) >= 11 is 0. The van der Waals surface area contributed by atoms with Crippen LogP contribution >= 0.6 is 12.4 Å². The Kier molecular flexibility index (Phi) is 7.95. The first-order chi connectivity index (χ1) is 13.1.